The number of hydrogen-bond acceptors (Lipinski definition) is 1. The lowest BCUT2D eigenvalue weighted by Crippen LogP contribution is -1.72. The summed E-state index contributed by atoms with van der Waals surface area (Å²) in [5.41, 5.74) is 2.10. The van der Waals surface area contributed by atoms with Crippen LogP contribution >= 0.6 is 11.6 Å². The van der Waals surface area contributed by atoms with E-state index in [-0.39, 0.29) is 0 Å². The second kappa shape index (κ2) is 4.11. The molecule has 3 heteroatoms. The lowest BCUT2D eigenvalue weighted by atomic mass is 10.2. The van der Waals surface area contributed by atoms with E-state index < -0.39 is 0 Å². The van der Waals surface area contributed by atoms with Crippen LogP contribution < -0.4 is 0 Å². The summed E-state index contributed by atoms with van der Waals surface area (Å²) >= 11 is 5.77. The van der Waals surface area contributed by atoms with Crippen molar-refractivity contribution in [3.63, 3.8) is 0 Å². The topological polar surface area (TPSA) is 28.7 Å². The number of nitrogens with one attached hydrogen (secondary N) is 1. The third-order valence-electron chi connectivity index (χ3n) is 1.85. The molecule has 1 aromatic heterocycles. The highest BCUT2D eigenvalue weighted by Crippen LogP contribution is 2.11. The summed E-state index contributed by atoms with van der Waals surface area (Å²) in [5.74, 6) is 0. The Bertz CT molecular complexity index is 415. The Morgan fingerprint density at radius 1 is 1.07 bits per heavy atom. The molecule has 1 heterocycles. The van der Waals surface area contributed by atoms with Crippen LogP contribution in [0.15, 0.2) is 36.5 Å². The third kappa shape index (κ3) is 2.24. The molecule has 1 N–H and O–H groups in total. The van der Waals surface area contributed by atoms with Crippen molar-refractivity contribution >= 4 is 23.8 Å². The summed E-state index contributed by atoms with van der Waals surface area (Å²) in [5, 5.41) is 7.46. The summed E-state index contributed by atoms with van der Waals surface area (Å²) in [4.78, 5) is 0. The molecule has 1 aromatic carbocycles. The number of H-pyrrole nitrogens is 1. The fourth-order valence-electron chi connectivity index (χ4n) is 1.12. The first-order valence-corrected chi connectivity index (χ1v) is 4.65. The van der Waals surface area contributed by atoms with Crippen LogP contribution in [0.3, 0.4) is 0 Å². The Kier molecular flexibility index (Phi) is 2.65. The minimum Gasteiger partial charge on any atom is -0.278 e. The Hall–Kier alpha value is -1.54. The van der Waals surface area contributed by atoms with Crippen LogP contribution in [-0.2, 0) is 0 Å². The highest BCUT2D eigenvalue weighted by atomic mass is 35.5. The van der Waals surface area contributed by atoms with Gasteiger partial charge in [-0.1, -0.05) is 29.8 Å². The van der Waals surface area contributed by atoms with Crippen molar-refractivity contribution in [3.05, 3.63) is 52.8 Å². The second-order valence-electron chi connectivity index (χ2n) is 2.90. The molecule has 2 nitrogen and oxygen atoms in total. The minimum atomic E-state index is 0.753. The number of rotatable bonds is 2. The number of hydrogen-bond donors (Lipinski definition) is 1. The molecule has 0 radical (unpaired) electrons. The molecule has 2 rings (SSSR count). The van der Waals surface area contributed by atoms with Crippen LogP contribution in [0, 0.1) is 0 Å². The zero-order chi connectivity index (χ0) is 9.80. The molecule has 0 fully saturated rings. The number of nitrogens with zero attached hydrogens (tertiary/aromatic N) is 1. The predicted octanol–water partition coefficient (Wildman–Crippen LogP) is 3.23. The van der Waals surface area contributed by atoms with Crippen molar-refractivity contribution in [1.82, 2.24) is 10.2 Å². The van der Waals surface area contributed by atoms with Crippen molar-refractivity contribution in [2.75, 3.05) is 0 Å². The molecule has 2 aromatic rings. The Morgan fingerprint density at radius 3 is 2.50 bits per heavy atom. The molecule has 0 spiro atoms. The van der Waals surface area contributed by atoms with Crippen LogP contribution in [0.1, 0.15) is 11.3 Å². The SMILES string of the molecule is Clc1ccc(/C=C/c2ccn[nH]2)cc1. The van der Waals surface area contributed by atoms with Crippen LogP contribution in [0.5, 0.6) is 0 Å². The first kappa shape index (κ1) is 9.03. The first-order valence-electron chi connectivity index (χ1n) is 4.27. The maximum atomic E-state index is 5.77. The number of aromatic nitrogens is 2. The highest BCUT2D eigenvalue weighted by Gasteiger charge is 1.88. The van der Waals surface area contributed by atoms with E-state index in [0.29, 0.717) is 0 Å². The van der Waals surface area contributed by atoms with E-state index in [0.717, 1.165) is 16.3 Å². The van der Waals surface area contributed by atoms with Gasteiger partial charge in [0.25, 0.3) is 0 Å². The lowest BCUT2D eigenvalue weighted by molar-refractivity contribution is 1.08. The lowest BCUT2D eigenvalue weighted by Gasteiger charge is -1.92. The molecule has 14 heavy (non-hydrogen) atoms. The molecule has 0 saturated carbocycles. The van der Waals surface area contributed by atoms with E-state index >= 15 is 0 Å². The fraction of sp³-hybridized carbons (Fsp3) is 0. The van der Waals surface area contributed by atoms with Gasteiger partial charge in [-0.3, -0.25) is 5.10 Å². The van der Waals surface area contributed by atoms with Crippen molar-refractivity contribution in [2.24, 2.45) is 0 Å². The molecule has 0 aliphatic heterocycles. The van der Waals surface area contributed by atoms with Gasteiger partial charge in [-0.2, -0.15) is 5.10 Å². The Balaban J connectivity index is 2.15. The molecule has 0 unspecified atom stereocenters. The predicted molar refractivity (Wildman–Crippen MR) is 59.0 cm³/mol. The average Bonchev–Trinajstić information content (AvgIpc) is 2.70. The molecular weight excluding hydrogens is 196 g/mol. The average molecular weight is 205 g/mol. The summed E-state index contributed by atoms with van der Waals surface area (Å²) < 4.78 is 0. The van der Waals surface area contributed by atoms with E-state index in [4.69, 9.17) is 11.6 Å². The normalized spacial score (nSPS) is 10.9. The van der Waals surface area contributed by atoms with Gasteiger partial charge in [0.2, 0.25) is 0 Å². The largest absolute Gasteiger partial charge is 0.278 e. The summed E-state index contributed by atoms with van der Waals surface area (Å²) in [6.45, 7) is 0. The zero-order valence-corrected chi connectivity index (χ0v) is 8.20. The summed E-state index contributed by atoms with van der Waals surface area (Å²) in [7, 11) is 0. The molecule has 0 atom stereocenters. The van der Waals surface area contributed by atoms with E-state index in [1.807, 2.05) is 42.5 Å². The molecule has 0 bridgehead atoms. The Labute approximate surface area is 87.2 Å². The molecule has 0 aliphatic rings. The van der Waals surface area contributed by atoms with Gasteiger partial charge in [0.1, 0.15) is 0 Å². The van der Waals surface area contributed by atoms with Crippen LogP contribution in [0.2, 0.25) is 5.02 Å². The van der Waals surface area contributed by atoms with E-state index in [9.17, 15) is 0 Å². The van der Waals surface area contributed by atoms with Gasteiger partial charge in [-0.05, 0) is 29.8 Å². The van der Waals surface area contributed by atoms with Crippen molar-refractivity contribution in [3.8, 4) is 0 Å². The van der Waals surface area contributed by atoms with E-state index in [1.54, 1.807) is 6.20 Å². The maximum Gasteiger partial charge on any atom is 0.0577 e. The second-order valence-corrected chi connectivity index (χ2v) is 3.33. The van der Waals surface area contributed by atoms with Gasteiger partial charge in [0.15, 0.2) is 0 Å². The number of halogens is 1. The van der Waals surface area contributed by atoms with E-state index in [1.165, 1.54) is 0 Å². The van der Waals surface area contributed by atoms with Crippen LogP contribution in [0.4, 0.5) is 0 Å². The molecular formula is C11H9ClN2. The van der Waals surface area contributed by atoms with Crippen molar-refractivity contribution in [2.45, 2.75) is 0 Å². The maximum absolute atomic E-state index is 5.77. The summed E-state index contributed by atoms with van der Waals surface area (Å²) in [6.07, 6.45) is 5.70. The summed E-state index contributed by atoms with van der Waals surface area (Å²) in [6, 6.07) is 9.58. The van der Waals surface area contributed by atoms with Gasteiger partial charge in [-0.25, -0.2) is 0 Å². The third-order valence-corrected chi connectivity index (χ3v) is 2.10. The van der Waals surface area contributed by atoms with Gasteiger partial charge in [0.05, 0.1) is 5.69 Å². The van der Waals surface area contributed by atoms with E-state index in [2.05, 4.69) is 10.2 Å². The van der Waals surface area contributed by atoms with Gasteiger partial charge in [0, 0.05) is 11.2 Å². The smallest absolute Gasteiger partial charge is 0.0577 e. The van der Waals surface area contributed by atoms with Crippen molar-refractivity contribution in [1.29, 1.82) is 0 Å². The molecule has 0 saturated heterocycles. The zero-order valence-electron chi connectivity index (χ0n) is 7.44. The number of aromatic amines is 1. The molecule has 70 valence electrons. The van der Waals surface area contributed by atoms with Crippen LogP contribution in [0.25, 0.3) is 12.2 Å². The Morgan fingerprint density at radius 2 is 1.86 bits per heavy atom. The first-order chi connectivity index (χ1) is 6.84. The fourth-order valence-corrected chi connectivity index (χ4v) is 1.25. The minimum absolute atomic E-state index is 0.753. The molecule has 0 aliphatic carbocycles. The van der Waals surface area contributed by atoms with Crippen molar-refractivity contribution < 1.29 is 0 Å². The van der Waals surface area contributed by atoms with Gasteiger partial charge in [-0.15, -0.1) is 0 Å². The monoisotopic (exact) mass is 204 g/mol. The van der Waals surface area contributed by atoms with Crippen LogP contribution in [-0.4, -0.2) is 10.2 Å². The molecule has 0 amide bonds. The van der Waals surface area contributed by atoms with Gasteiger partial charge < -0.3 is 0 Å². The standard InChI is InChI=1S/C11H9ClN2/c12-10-4-1-9(2-5-10)3-6-11-7-8-13-14-11/h1-8H,(H,13,14)/b6-3+. The quantitative estimate of drug-likeness (QED) is 0.800. The van der Waals surface area contributed by atoms with Gasteiger partial charge >= 0.3 is 0 Å². The number of benzene rings is 1. The highest BCUT2D eigenvalue weighted by molar-refractivity contribution is 6.30.